The third-order valence-electron chi connectivity index (χ3n) is 5.23. The van der Waals surface area contributed by atoms with E-state index in [1.54, 1.807) is 35.8 Å². The molecule has 0 aliphatic carbocycles. The van der Waals surface area contributed by atoms with Crippen molar-refractivity contribution in [3.05, 3.63) is 47.5 Å². The van der Waals surface area contributed by atoms with Gasteiger partial charge in [0, 0.05) is 49.7 Å². The highest BCUT2D eigenvalue weighted by Crippen LogP contribution is 2.32. The van der Waals surface area contributed by atoms with Crippen LogP contribution in [0.25, 0.3) is 0 Å². The number of benzene rings is 2. The molecular formula is C21H22N4O3. The molecule has 2 aromatic rings. The second-order valence-electron chi connectivity index (χ2n) is 7.11. The first kappa shape index (κ1) is 18.0. The summed E-state index contributed by atoms with van der Waals surface area (Å²) in [5, 5.41) is 5.68. The van der Waals surface area contributed by atoms with Crippen molar-refractivity contribution >= 4 is 40.6 Å². The third kappa shape index (κ3) is 3.31. The van der Waals surface area contributed by atoms with E-state index in [9.17, 15) is 14.4 Å². The quantitative estimate of drug-likeness (QED) is 0.842. The Morgan fingerprint density at radius 2 is 1.18 bits per heavy atom. The zero-order valence-electron chi connectivity index (χ0n) is 15.9. The maximum atomic E-state index is 12.4. The molecule has 2 aromatic carbocycles. The first-order chi connectivity index (χ1) is 13.4. The largest absolute Gasteiger partial charge is 0.323 e. The molecule has 2 aliphatic heterocycles. The molecular weight excluding hydrogens is 356 g/mol. The lowest BCUT2D eigenvalue weighted by atomic mass is 10.1. The van der Waals surface area contributed by atoms with Crippen LogP contribution in [0.1, 0.15) is 25.0 Å². The minimum Gasteiger partial charge on any atom is -0.312 e. The first-order valence-corrected chi connectivity index (χ1v) is 9.32. The monoisotopic (exact) mass is 378 g/mol. The van der Waals surface area contributed by atoms with Crippen LogP contribution in [0.2, 0.25) is 0 Å². The van der Waals surface area contributed by atoms with Gasteiger partial charge in [-0.2, -0.15) is 0 Å². The predicted octanol–water partition coefficient (Wildman–Crippen LogP) is 3.15. The van der Waals surface area contributed by atoms with Crippen molar-refractivity contribution in [2.75, 3.05) is 33.5 Å². The maximum Gasteiger partial charge on any atom is 0.323 e. The van der Waals surface area contributed by atoms with Crippen molar-refractivity contribution in [2.45, 2.75) is 26.7 Å². The summed E-state index contributed by atoms with van der Waals surface area (Å²) in [5.74, 6) is 0.0503. The molecule has 0 bridgehead atoms. The molecule has 0 unspecified atom stereocenters. The molecule has 0 fully saturated rings. The van der Waals surface area contributed by atoms with Gasteiger partial charge in [-0.05, 0) is 60.4 Å². The van der Waals surface area contributed by atoms with Crippen LogP contribution in [0.15, 0.2) is 36.4 Å². The summed E-state index contributed by atoms with van der Waals surface area (Å²) >= 11 is 0. The van der Waals surface area contributed by atoms with Gasteiger partial charge in [0.05, 0.1) is 0 Å². The van der Waals surface area contributed by atoms with Crippen molar-refractivity contribution in [3.63, 3.8) is 0 Å². The summed E-state index contributed by atoms with van der Waals surface area (Å²) in [7, 11) is 0. The highest BCUT2D eigenvalue weighted by molar-refractivity contribution is 6.01. The molecule has 28 heavy (non-hydrogen) atoms. The molecule has 7 heteroatoms. The highest BCUT2D eigenvalue weighted by atomic mass is 16.2. The van der Waals surface area contributed by atoms with E-state index in [-0.39, 0.29) is 17.8 Å². The fraction of sp³-hybridized carbons (Fsp3) is 0.286. The topological polar surface area (TPSA) is 81.8 Å². The average Bonchev–Trinajstić information content (AvgIpc) is 3.24. The van der Waals surface area contributed by atoms with Crippen LogP contribution in [0.4, 0.5) is 27.5 Å². The van der Waals surface area contributed by atoms with Gasteiger partial charge in [0.1, 0.15) is 0 Å². The molecule has 0 saturated carbocycles. The molecule has 144 valence electrons. The van der Waals surface area contributed by atoms with Gasteiger partial charge in [-0.25, -0.2) is 4.79 Å². The number of carbonyl (C=O) groups is 3. The number of anilines is 4. The van der Waals surface area contributed by atoms with Crippen molar-refractivity contribution < 1.29 is 14.4 Å². The molecule has 2 heterocycles. The van der Waals surface area contributed by atoms with Crippen molar-refractivity contribution in [3.8, 4) is 0 Å². The fourth-order valence-corrected chi connectivity index (χ4v) is 3.91. The average molecular weight is 378 g/mol. The second kappa shape index (κ2) is 6.99. The number of fused-ring (bicyclic) bond motifs is 2. The third-order valence-corrected chi connectivity index (χ3v) is 5.23. The smallest absolute Gasteiger partial charge is 0.312 e. The summed E-state index contributed by atoms with van der Waals surface area (Å²) in [6.07, 6.45) is 1.56. The van der Waals surface area contributed by atoms with Crippen molar-refractivity contribution in [2.24, 2.45) is 0 Å². The Balaban J connectivity index is 1.43. The van der Waals surface area contributed by atoms with Gasteiger partial charge in [0.2, 0.25) is 11.8 Å². The van der Waals surface area contributed by atoms with Crippen LogP contribution >= 0.6 is 0 Å². The first-order valence-electron chi connectivity index (χ1n) is 9.32. The van der Waals surface area contributed by atoms with Gasteiger partial charge in [-0.15, -0.1) is 0 Å². The van der Waals surface area contributed by atoms with Gasteiger partial charge in [-0.3, -0.25) is 9.59 Å². The Morgan fingerprint density at radius 3 is 1.57 bits per heavy atom. The lowest BCUT2D eigenvalue weighted by Crippen LogP contribution is -2.25. The number of nitrogens with zero attached hydrogens (tertiary/aromatic N) is 2. The molecule has 4 amide bonds. The maximum absolute atomic E-state index is 12.4. The van der Waals surface area contributed by atoms with E-state index in [2.05, 4.69) is 10.6 Å². The number of urea groups is 1. The van der Waals surface area contributed by atoms with E-state index in [0.717, 1.165) is 35.3 Å². The Kier molecular flexibility index (Phi) is 4.50. The van der Waals surface area contributed by atoms with Crippen LogP contribution in [0.5, 0.6) is 0 Å². The predicted molar refractivity (Wildman–Crippen MR) is 109 cm³/mol. The van der Waals surface area contributed by atoms with Crippen molar-refractivity contribution in [1.82, 2.24) is 0 Å². The van der Waals surface area contributed by atoms with Crippen LogP contribution in [-0.4, -0.2) is 30.9 Å². The van der Waals surface area contributed by atoms with Crippen LogP contribution < -0.4 is 20.4 Å². The van der Waals surface area contributed by atoms with E-state index in [4.69, 9.17) is 0 Å². The van der Waals surface area contributed by atoms with Gasteiger partial charge < -0.3 is 20.4 Å². The van der Waals surface area contributed by atoms with Gasteiger partial charge in [0.15, 0.2) is 0 Å². The Labute approximate surface area is 163 Å². The zero-order valence-corrected chi connectivity index (χ0v) is 15.9. The number of hydrogen-bond donors (Lipinski definition) is 2. The molecule has 0 spiro atoms. The molecule has 4 rings (SSSR count). The summed E-state index contributed by atoms with van der Waals surface area (Å²) < 4.78 is 0. The Morgan fingerprint density at radius 1 is 0.750 bits per heavy atom. The van der Waals surface area contributed by atoms with E-state index in [1.165, 1.54) is 0 Å². The fourth-order valence-electron chi connectivity index (χ4n) is 3.91. The van der Waals surface area contributed by atoms with Crippen molar-refractivity contribution in [1.29, 1.82) is 0 Å². The Bertz CT molecular complexity index is 908. The second-order valence-corrected chi connectivity index (χ2v) is 7.11. The number of hydrogen-bond acceptors (Lipinski definition) is 3. The molecule has 0 aromatic heterocycles. The number of amides is 4. The lowest BCUT2D eigenvalue weighted by Gasteiger charge is -2.16. The summed E-state index contributed by atoms with van der Waals surface area (Å²) in [6, 6.07) is 10.8. The molecule has 0 radical (unpaired) electrons. The normalized spacial score (nSPS) is 14.5. The highest BCUT2D eigenvalue weighted by Gasteiger charge is 2.23. The van der Waals surface area contributed by atoms with E-state index in [0.29, 0.717) is 24.5 Å². The SMILES string of the molecule is CC(=O)N1CCc2cc(NC(=O)Nc3ccc4c(c3)CCN4C(C)=O)ccc21. The van der Waals surface area contributed by atoms with Crippen LogP contribution in [0.3, 0.4) is 0 Å². The van der Waals surface area contributed by atoms with Crippen LogP contribution in [-0.2, 0) is 22.4 Å². The molecule has 7 nitrogen and oxygen atoms in total. The molecule has 0 saturated heterocycles. The standard InChI is InChI=1S/C21H22N4O3/c1-13(26)24-9-7-15-11-17(3-5-19(15)24)22-21(28)23-18-4-6-20-16(12-18)8-10-25(20)14(2)27/h3-6,11-12H,7-10H2,1-2H3,(H2,22,23,28). The molecule has 2 aliphatic rings. The van der Waals surface area contributed by atoms with E-state index in [1.807, 2.05) is 24.3 Å². The minimum absolute atomic E-state index is 0.0251. The lowest BCUT2D eigenvalue weighted by molar-refractivity contribution is -0.117. The van der Waals surface area contributed by atoms with E-state index >= 15 is 0 Å². The summed E-state index contributed by atoms with van der Waals surface area (Å²) in [6.45, 7) is 4.46. The van der Waals surface area contributed by atoms with Gasteiger partial charge in [0.25, 0.3) is 0 Å². The number of rotatable bonds is 2. The summed E-state index contributed by atoms with van der Waals surface area (Å²) in [5.41, 5.74) is 5.29. The van der Waals surface area contributed by atoms with Gasteiger partial charge >= 0.3 is 6.03 Å². The number of nitrogens with one attached hydrogen (secondary N) is 2. The van der Waals surface area contributed by atoms with Gasteiger partial charge in [-0.1, -0.05) is 0 Å². The zero-order chi connectivity index (χ0) is 19.8. The molecule has 2 N–H and O–H groups in total. The molecule has 0 atom stereocenters. The summed E-state index contributed by atoms with van der Waals surface area (Å²) in [4.78, 5) is 39.1. The number of carbonyl (C=O) groups excluding carboxylic acids is 3. The van der Waals surface area contributed by atoms with E-state index < -0.39 is 0 Å². The minimum atomic E-state index is -0.331. The van der Waals surface area contributed by atoms with Crippen LogP contribution in [0, 0.1) is 0 Å². The Hall–Kier alpha value is -3.35.